The summed E-state index contributed by atoms with van der Waals surface area (Å²) < 4.78 is 0. The Hall–Kier alpha value is -1.06. The number of aryl methyl sites for hydroxylation is 1. The number of nitrogens with one attached hydrogen (secondary N) is 1. The normalized spacial score (nSPS) is 10.3. The van der Waals surface area contributed by atoms with Crippen LogP contribution < -0.4 is 5.32 Å². The second-order valence-corrected chi connectivity index (χ2v) is 4.56. The van der Waals surface area contributed by atoms with Crippen molar-refractivity contribution in [3.63, 3.8) is 0 Å². The summed E-state index contributed by atoms with van der Waals surface area (Å²) in [4.78, 5) is 4.12. The maximum Gasteiger partial charge on any atom is 0.184 e. The van der Waals surface area contributed by atoms with Gasteiger partial charge < -0.3 is 5.32 Å². The first kappa shape index (κ1) is 10.5. The highest BCUT2D eigenvalue weighted by atomic mass is 35.5. The number of anilines is 1. The number of nitrogens with zero attached hydrogens (tertiary/aromatic N) is 1. The number of hydrogen-bond acceptors (Lipinski definition) is 3. The van der Waals surface area contributed by atoms with Gasteiger partial charge in [0.2, 0.25) is 0 Å². The van der Waals surface area contributed by atoms with E-state index in [-0.39, 0.29) is 0 Å². The molecule has 0 aliphatic carbocycles. The quantitative estimate of drug-likeness (QED) is 0.882. The molecule has 1 heterocycles. The van der Waals surface area contributed by atoms with E-state index in [0.29, 0.717) is 5.15 Å². The lowest BCUT2D eigenvalue weighted by Gasteiger charge is -2.02. The number of hydrogen-bond donors (Lipinski definition) is 1. The summed E-state index contributed by atoms with van der Waals surface area (Å²) in [5.41, 5.74) is 2.52. The monoisotopic (exact) mass is 238 g/mol. The van der Waals surface area contributed by atoms with Gasteiger partial charge in [-0.25, -0.2) is 4.98 Å². The van der Waals surface area contributed by atoms with E-state index >= 15 is 0 Å². The molecule has 0 saturated carbocycles. The molecular formula is C11H11ClN2S. The van der Waals surface area contributed by atoms with Crippen LogP contribution in [0.3, 0.4) is 0 Å². The first-order valence-electron chi connectivity index (χ1n) is 4.64. The van der Waals surface area contributed by atoms with E-state index in [4.69, 9.17) is 11.6 Å². The van der Waals surface area contributed by atoms with E-state index in [1.54, 1.807) is 0 Å². The molecular weight excluding hydrogens is 228 g/mol. The molecule has 0 unspecified atom stereocenters. The van der Waals surface area contributed by atoms with Crippen molar-refractivity contribution in [1.82, 2.24) is 4.98 Å². The Labute approximate surface area is 97.9 Å². The van der Waals surface area contributed by atoms with Crippen molar-refractivity contribution in [2.24, 2.45) is 0 Å². The molecule has 1 aromatic heterocycles. The van der Waals surface area contributed by atoms with Crippen LogP contribution in [0.15, 0.2) is 29.6 Å². The van der Waals surface area contributed by atoms with E-state index in [9.17, 15) is 0 Å². The zero-order valence-electron chi connectivity index (χ0n) is 8.33. The third-order valence-electron chi connectivity index (χ3n) is 2.04. The molecule has 4 heteroatoms. The van der Waals surface area contributed by atoms with Crippen LogP contribution >= 0.6 is 22.9 Å². The fourth-order valence-corrected chi connectivity index (χ4v) is 2.06. The average molecular weight is 239 g/mol. The standard InChI is InChI=1S/C11H11ClN2S/c1-8-2-4-9(5-3-8)6-13-11-14-10(12)7-15-11/h2-5,7H,6H2,1H3,(H,13,14). The largest absolute Gasteiger partial charge is 0.357 e. The van der Waals surface area contributed by atoms with E-state index < -0.39 is 0 Å². The lowest BCUT2D eigenvalue weighted by Crippen LogP contribution is -1.98. The summed E-state index contributed by atoms with van der Waals surface area (Å²) in [6.45, 7) is 2.86. The molecule has 0 fully saturated rings. The lowest BCUT2D eigenvalue weighted by molar-refractivity contribution is 1.13. The molecule has 2 rings (SSSR count). The number of rotatable bonds is 3. The second-order valence-electron chi connectivity index (χ2n) is 3.31. The smallest absolute Gasteiger partial charge is 0.184 e. The van der Waals surface area contributed by atoms with Gasteiger partial charge in [0.15, 0.2) is 5.13 Å². The zero-order chi connectivity index (χ0) is 10.7. The molecule has 0 aliphatic rings. The van der Waals surface area contributed by atoms with Crippen LogP contribution in [-0.4, -0.2) is 4.98 Å². The third-order valence-corrected chi connectivity index (χ3v) is 3.16. The van der Waals surface area contributed by atoms with Gasteiger partial charge >= 0.3 is 0 Å². The summed E-state index contributed by atoms with van der Waals surface area (Å²) in [6.07, 6.45) is 0. The van der Waals surface area contributed by atoms with E-state index in [0.717, 1.165) is 11.7 Å². The highest BCUT2D eigenvalue weighted by molar-refractivity contribution is 7.14. The maximum atomic E-state index is 5.72. The molecule has 1 aromatic carbocycles. The predicted molar refractivity (Wildman–Crippen MR) is 65.6 cm³/mol. The van der Waals surface area contributed by atoms with Crippen LogP contribution in [0.1, 0.15) is 11.1 Å². The summed E-state index contributed by atoms with van der Waals surface area (Å²) in [5, 5.41) is 6.45. The Morgan fingerprint density at radius 2 is 2.07 bits per heavy atom. The van der Waals surface area contributed by atoms with Gasteiger partial charge in [-0.2, -0.15) is 0 Å². The molecule has 0 aliphatic heterocycles. The molecule has 78 valence electrons. The number of benzene rings is 1. The molecule has 1 N–H and O–H groups in total. The zero-order valence-corrected chi connectivity index (χ0v) is 9.90. The van der Waals surface area contributed by atoms with Gasteiger partial charge in [-0.3, -0.25) is 0 Å². The van der Waals surface area contributed by atoms with Gasteiger partial charge in [-0.05, 0) is 12.5 Å². The van der Waals surface area contributed by atoms with E-state index in [1.807, 2.05) is 5.38 Å². The number of aromatic nitrogens is 1. The topological polar surface area (TPSA) is 24.9 Å². The molecule has 0 atom stereocenters. The number of thiazole rings is 1. The van der Waals surface area contributed by atoms with Crippen LogP contribution in [0.2, 0.25) is 5.15 Å². The first-order valence-corrected chi connectivity index (χ1v) is 5.90. The minimum atomic E-state index is 0.548. The maximum absolute atomic E-state index is 5.72. The fourth-order valence-electron chi connectivity index (χ4n) is 1.22. The van der Waals surface area contributed by atoms with Gasteiger partial charge in [0.05, 0.1) is 0 Å². The van der Waals surface area contributed by atoms with Crippen LogP contribution in [0.5, 0.6) is 0 Å². The molecule has 0 radical (unpaired) electrons. The minimum Gasteiger partial charge on any atom is -0.357 e. The summed E-state index contributed by atoms with van der Waals surface area (Å²) >= 11 is 7.24. The molecule has 0 saturated heterocycles. The average Bonchev–Trinajstić information content (AvgIpc) is 2.64. The van der Waals surface area contributed by atoms with Crippen molar-refractivity contribution in [3.8, 4) is 0 Å². The Morgan fingerprint density at radius 3 is 2.67 bits per heavy atom. The molecule has 2 aromatic rings. The Bertz CT molecular complexity index is 436. The highest BCUT2D eigenvalue weighted by Crippen LogP contribution is 2.19. The Balaban J connectivity index is 1.96. The number of halogens is 1. The van der Waals surface area contributed by atoms with Crippen molar-refractivity contribution in [2.75, 3.05) is 5.32 Å². The molecule has 0 bridgehead atoms. The minimum absolute atomic E-state index is 0.548. The van der Waals surface area contributed by atoms with E-state index in [2.05, 4.69) is 41.5 Å². The van der Waals surface area contributed by atoms with Crippen molar-refractivity contribution < 1.29 is 0 Å². The SMILES string of the molecule is Cc1ccc(CNc2nc(Cl)cs2)cc1. The summed E-state index contributed by atoms with van der Waals surface area (Å²) in [5.74, 6) is 0. The van der Waals surface area contributed by atoms with Gasteiger partial charge in [-0.15, -0.1) is 11.3 Å². The third kappa shape index (κ3) is 2.94. The predicted octanol–water partition coefficient (Wildman–Crippen LogP) is 3.72. The Kier molecular flexibility index (Phi) is 3.23. The van der Waals surface area contributed by atoms with Gasteiger partial charge in [0.1, 0.15) is 5.15 Å². The van der Waals surface area contributed by atoms with Crippen molar-refractivity contribution in [3.05, 3.63) is 45.9 Å². The summed E-state index contributed by atoms with van der Waals surface area (Å²) in [7, 11) is 0. The molecule has 0 spiro atoms. The molecule has 0 amide bonds. The molecule has 2 nitrogen and oxygen atoms in total. The molecule has 15 heavy (non-hydrogen) atoms. The first-order chi connectivity index (χ1) is 7.24. The van der Waals surface area contributed by atoms with Crippen molar-refractivity contribution in [1.29, 1.82) is 0 Å². The second kappa shape index (κ2) is 4.64. The fraction of sp³-hybridized carbons (Fsp3) is 0.182. The van der Waals surface area contributed by atoms with Crippen molar-refractivity contribution in [2.45, 2.75) is 13.5 Å². The van der Waals surface area contributed by atoms with Gasteiger partial charge in [0, 0.05) is 11.9 Å². The van der Waals surface area contributed by atoms with Crippen LogP contribution in [0.4, 0.5) is 5.13 Å². The lowest BCUT2D eigenvalue weighted by atomic mass is 10.1. The van der Waals surface area contributed by atoms with E-state index in [1.165, 1.54) is 22.5 Å². The van der Waals surface area contributed by atoms with Gasteiger partial charge in [-0.1, -0.05) is 41.4 Å². The van der Waals surface area contributed by atoms with Gasteiger partial charge in [0.25, 0.3) is 0 Å². The highest BCUT2D eigenvalue weighted by Gasteiger charge is 1.98. The van der Waals surface area contributed by atoms with Crippen LogP contribution in [0, 0.1) is 6.92 Å². The summed E-state index contributed by atoms with van der Waals surface area (Å²) in [6, 6.07) is 8.42. The van der Waals surface area contributed by atoms with Crippen LogP contribution in [0.25, 0.3) is 0 Å². The van der Waals surface area contributed by atoms with Crippen molar-refractivity contribution >= 4 is 28.1 Å². The van der Waals surface area contributed by atoms with Crippen LogP contribution in [-0.2, 0) is 6.54 Å². The Morgan fingerprint density at radius 1 is 1.33 bits per heavy atom.